The second-order valence-electron chi connectivity index (χ2n) is 5.68. The number of hydrogen-bond donors (Lipinski definition) is 6. The topological polar surface area (TPSA) is 202 Å². The van der Waals surface area contributed by atoms with Crippen LogP contribution in [0, 0.1) is 0 Å². The van der Waals surface area contributed by atoms with Gasteiger partial charge in [0.05, 0.1) is 25.4 Å². The molecule has 0 saturated heterocycles. The number of fused-ring (bicyclic) bond motifs is 1. The van der Waals surface area contributed by atoms with Gasteiger partial charge in [-0.3, -0.25) is 14.3 Å². The molecular weight excluding hydrogens is 370 g/mol. The Bertz CT molecular complexity index is 774. The van der Waals surface area contributed by atoms with Gasteiger partial charge in [0.25, 0.3) is 5.56 Å². The molecule has 12 heteroatoms. The highest BCUT2D eigenvalue weighted by Crippen LogP contribution is 2.09. The monoisotopic (exact) mass is 395 g/mol. The molecule has 0 aliphatic carbocycles. The van der Waals surface area contributed by atoms with Gasteiger partial charge >= 0.3 is 5.69 Å². The molecule has 2 heterocycles. The fourth-order valence-corrected chi connectivity index (χ4v) is 2.06. The zero-order chi connectivity index (χ0) is 19.0. The number of rotatable bonds is 7. The maximum absolute atomic E-state index is 11.7. The summed E-state index contributed by atoms with van der Waals surface area (Å²) < 4.78 is 1.44. The number of H-pyrrole nitrogens is 2. The number of aryl methyl sites for hydroxylation is 1. The Labute approximate surface area is 153 Å². The van der Waals surface area contributed by atoms with Crippen molar-refractivity contribution >= 4 is 22.8 Å². The van der Waals surface area contributed by atoms with Gasteiger partial charge in [0, 0.05) is 6.54 Å². The maximum atomic E-state index is 11.7. The predicted octanol–water partition coefficient (Wildman–Crippen LogP) is -1.91. The molecule has 0 aromatic carbocycles. The minimum Gasteiger partial charge on any atom is -0.412 e. The lowest BCUT2D eigenvalue weighted by Crippen LogP contribution is -2.50. The van der Waals surface area contributed by atoms with Gasteiger partial charge in [-0.1, -0.05) is 19.8 Å². The molecular formula is C14H26ClN5O6. The standard InChI is InChI=1S/C10H13ClN4O2.C4H11NO3.H2O/c1-2-3-4-5-15-7-6(12-9(11)13-7)8(16)14-10(15)17;5-4(1-6,2-7)3-8;/h2-5H2,1H3,(H,12,13)(H,14,16,17);6-8H,1-3,5H2;1H2. The highest BCUT2D eigenvalue weighted by molar-refractivity contribution is 6.28. The molecule has 150 valence electrons. The number of nitrogens with one attached hydrogen (secondary N) is 2. The van der Waals surface area contributed by atoms with E-state index in [1.807, 2.05) is 0 Å². The molecule has 0 bridgehead atoms. The van der Waals surface area contributed by atoms with Crippen LogP contribution in [0.2, 0.25) is 5.28 Å². The van der Waals surface area contributed by atoms with Crippen LogP contribution in [0.3, 0.4) is 0 Å². The highest BCUT2D eigenvalue weighted by atomic mass is 35.5. The molecule has 0 aliphatic heterocycles. The van der Waals surface area contributed by atoms with Crippen LogP contribution >= 0.6 is 11.6 Å². The third-order valence-electron chi connectivity index (χ3n) is 3.53. The molecule has 0 saturated carbocycles. The van der Waals surface area contributed by atoms with E-state index in [0.29, 0.717) is 12.2 Å². The van der Waals surface area contributed by atoms with E-state index in [1.165, 1.54) is 4.57 Å². The van der Waals surface area contributed by atoms with Gasteiger partial charge < -0.3 is 31.5 Å². The van der Waals surface area contributed by atoms with Crippen LogP contribution in [-0.4, -0.2) is 65.7 Å². The van der Waals surface area contributed by atoms with Gasteiger partial charge in [0.2, 0.25) is 5.28 Å². The summed E-state index contributed by atoms with van der Waals surface area (Å²) in [6.07, 6.45) is 2.94. The molecule has 0 fully saturated rings. The molecule has 2 rings (SSSR count). The Morgan fingerprint density at radius 3 is 2.19 bits per heavy atom. The van der Waals surface area contributed by atoms with Crippen LogP contribution in [0.5, 0.6) is 0 Å². The fourth-order valence-electron chi connectivity index (χ4n) is 1.89. The first-order valence-electron chi connectivity index (χ1n) is 7.81. The molecule has 11 nitrogen and oxygen atoms in total. The lowest BCUT2D eigenvalue weighted by atomic mass is 10.1. The molecule has 0 amide bonds. The highest BCUT2D eigenvalue weighted by Gasteiger charge is 2.20. The normalized spacial score (nSPS) is 11.0. The third-order valence-corrected chi connectivity index (χ3v) is 3.71. The van der Waals surface area contributed by atoms with E-state index in [-0.39, 0.29) is 16.3 Å². The summed E-state index contributed by atoms with van der Waals surface area (Å²) in [7, 11) is 0. The van der Waals surface area contributed by atoms with Crippen molar-refractivity contribution in [3.63, 3.8) is 0 Å². The first-order valence-corrected chi connectivity index (χ1v) is 8.19. The van der Waals surface area contributed by atoms with E-state index in [9.17, 15) is 9.59 Å². The van der Waals surface area contributed by atoms with Crippen molar-refractivity contribution in [1.82, 2.24) is 19.5 Å². The first kappa shape index (κ1) is 24.2. The second kappa shape index (κ2) is 11.1. The molecule has 0 spiro atoms. The number of halogens is 1. The molecule has 9 N–H and O–H groups in total. The molecule has 0 aliphatic rings. The summed E-state index contributed by atoms with van der Waals surface area (Å²) in [5.74, 6) is 0. The van der Waals surface area contributed by atoms with Gasteiger partial charge in [-0.15, -0.1) is 0 Å². The lowest BCUT2D eigenvalue weighted by molar-refractivity contribution is 0.0698. The molecule has 0 radical (unpaired) electrons. The average molecular weight is 396 g/mol. The van der Waals surface area contributed by atoms with Crippen LogP contribution < -0.4 is 17.0 Å². The molecule has 0 unspecified atom stereocenters. The summed E-state index contributed by atoms with van der Waals surface area (Å²) in [6, 6.07) is 0. The molecule has 0 atom stereocenters. The van der Waals surface area contributed by atoms with Crippen molar-refractivity contribution in [2.75, 3.05) is 19.8 Å². The van der Waals surface area contributed by atoms with Crippen molar-refractivity contribution in [1.29, 1.82) is 0 Å². The van der Waals surface area contributed by atoms with Crippen LogP contribution in [0.4, 0.5) is 0 Å². The third kappa shape index (κ3) is 6.20. The number of unbranched alkanes of at least 4 members (excludes halogenated alkanes) is 2. The van der Waals surface area contributed by atoms with Gasteiger partial charge in [-0.05, 0) is 18.0 Å². The average Bonchev–Trinajstić information content (AvgIpc) is 3.00. The quantitative estimate of drug-likeness (QED) is 0.232. The number of aromatic amines is 2. The predicted molar refractivity (Wildman–Crippen MR) is 97.3 cm³/mol. The maximum Gasteiger partial charge on any atom is 0.330 e. The van der Waals surface area contributed by atoms with Crippen LogP contribution in [0.1, 0.15) is 26.2 Å². The number of imidazole rings is 1. The Morgan fingerprint density at radius 1 is 1.15 bits per heavy atom. The van der Waals surface area contributed by atoms with Crippen LogP contribution in [-0.2, 0) is 6.54 Å². The largest absolute Gasteiger partial charge is 0.412 e. The number of aromatic nitrogens is 4. The smallest absolute Gasteiger partial charge is 0.330 e. The number of nitrogens with zero attached hydrogens (tertiary/aromatic N) is 2. The van der Waals surface area contributed by atoms with Crippen molar-refractivity contribution in [3.8, 4) is 0 Å². The minimum absolute atomic E-state index is 0. The number of hydrogen-bond acceptors (Lipinski definition) is 7. The summed E-state index contributed by atoms with van der Waals surface area (Å²) in [6.45, 7) is 1.40. The molecule has 2 aromatic rings. The molecule has 2 aromatic heterocycles. The Kier molecular flexibility index (Phi) is 10.3. The summed E-state index contributed by atoms with van der Waals surface area (Å²) in [4.78, 5) is 32.0. The van der Waals surface area contributed by atoms with E-state index >= 15 is 0 Å². The number of nitrogens with two attached hydrogens (primary N) is 1. The van der Waals surface area contributed by atoms with Crippen molar-refractivity contribution in [2.24, 2.45) is 5.73 Å². The Morgan fingerprint density at radius 2 is 1.73 bits per heavy atom. The van der Waals surface area contributed by atoms with E-state index in [0.717, 1.165) is 19.3 Å². The van der Waals surface area contributed by atoms with Crippen molar-refractivity contribution < 1.29 is 20.8 Å². The number of aliphatic hydroxyl groups is 3. The van der Waals surface area contributed by atoms with Crippen molar-refractivity contribution in [2.45, 2.75) is 38.3 Å². The van der Waals surface area contributed by atoms with Gasteiger partial charge in [-0.2, -0.15) is 4.98 Å². The van der Waals surface area contributed by atoms with Gasteiger partial charge in [0.1, 0.15) is 0 Å². The van der Waals surface area contributed by atoms with E-state index in [1.54, 1.807) is 0 Å². The van der Waals surface area contributed by atoms with Gasteiger partial charge in [0.15, 0.2) is 11.2 Å². The van der Waals surface area contributed by atoms with Crippen LogP contribution in [0.25, 0.3) is 11.2 Å². The van der Waals surface area contributed by atoms with Gasteiger partial charge in [-0.25, -0.2) is 4.79 Å². The van der Waals surface area contributed by atoms with E-state index in [4.69, 9.17) is 32.7 Å². The lowest BCUT2D eigenvalue weighted by Gasteiger charge is -2.20. The number of aliphatic hydroxyl groups excluding tert-OH is 3. The summed E-state index contributed by atoms with van der Waals surface area (Å²) >= 11 is 5.71. The summed E-state index contributed by atoms with van der Waals surface area (Å²) in [5, 5.41) is 25.1. The summed E-state index contributed by atoms with van der Waals surface area (Å²) in [5.41, 5.74) is 3.57. The zero-order valence-corrected chi connectivity index (χ0v) is 15.2. The van der Waals surface area contributed by atoms with Crippen molar-refractivity contribution in [3.05, 3.63) is 26.1 Å². The first-order chi connectivity index (χ1) is 11.8. The fraction of sp³-hybridized carbons (Fsp3) is 0.643. The second-order valence-corrected chi connectivity index (χ2v) is 6.04. The zero-order valence-electron chi connectivity index (χ0n) is 14.5. The SMILES string of the molecule is CCCCCn1c(=O)[nH]c(=O)c2[nH]c(Cl)nc21.NC(CO)(CO)CO.O. The van der Waals surface area contributed by atoms with E-state index in [2.05, 4.69) is 21.9 Å². The Hall–Kier alpha value is -1.76. The molecule has 26 heavy (non-hydrogen) atoms. The minimum atomic E-state index is -1.21. The van der Waals surface area contributed by atoms with E-state index < -0.39 is 36.6 Å². The Balaban J connectivity index is 0.000000597. The van der Waals surface area contributed by atoms with Crippen LogP contribution in [0.15, 0.2) is 9.59 Å².